The quantitative estimate of drug-likeness (QED) is 0.568. The molecule has 0 spiro atoms. The van der Waals surface area contributed by atoms with E-state index in [0.717, 1.165) is 27.8 Å². The number of aromatic nitrogens is 2. The standard InChI is InChI=1S/C23H19N3O3/c1-28-20-10-7-14(11-21(20)29-2)22-16-5-3-4-6-17(16)23(27)26(22)15-8-9-18-19(12-15)25-13-24-18/h3-13,22H,1-2H3,(H,24,25)/t22-/m1/s1. The number of hydrogen-bond donors (Lipinski definition) is 1. The minimum atomic E-state index is -0.269. The normalized spacial score (nSPS) is 15.6. The summed E-state index contributed by atoms with van der Waals surface area (Å²) in [6, 6.07) is 19.1. The van der Waals surface area contributed by atoms with E-state index in [9.17, 15) is 4.79 Å². The second kappa shape index (κ2) is 6.67. The van der Waals surface area contributed by atoms with Gasteiger partial charge in [-0.1, -0.05) is 24.3 Å². The van der Waals surface area contributed by atoms with Crippen molar-refractivity contribution in [2.45, 2.75) is 6.04 Å². The zero-order valence-corrected chi connectivity index (χ0v) is 16.0. The number of anilines is 1. The molecule has 1 atom stereocenters. The van der Waals surface area contributed by atoms with Crippen molar-refractivity contribution in [3.63, 3.8) is 0 Å². The number of nitrogens with zero attached hydrogens (tertiary/aromatic N) is 2. The van der Waals surface area contributed by atoms with E-state index in [1.807, 2.05) is 65.6 Å². The van der Waals surface area contributed by atoms with Crippen LogP contribution in [0.3, 0.4) is 0 Å². The summed E-state index contributed by atoms with van der Waals surface area (Å²) in [5.41, 5.74) is 5.16. The summed E-state index contributed by atoms with van der Waals surface area (Å²) in [4.78, 5) is 22.6. The van der Waals surface area contributed by atoms with E-state index in [4.69, 9.17) is 9.47 Å². The van der Waals surface area contributed by atoms with Gasteiger partial charge in [0, 0.05) is 11.3 Å². The molecule has 1 amide bonds. The molecule has 0 bridgehead atoms. The molecule has 0 saturated carbocycles. The number of H-pyrrole nitrogens is 1. The van der Waals surface area contributed by atoms with Gasteiger partial charge in [0.15, 0.2) is 11.5 Å². The van der Waals surface area contributed by atoms with Gasteiger partial charge in [0.05, 0.1) is 37.6 Å². The summed E-state index contributed by atoms with van der Waals surface area (Å²) in [6.07, 6.45) is 1.65. The van der Waals surface area contributed by atoms with E-state index in [-0.39, 0.29) is 11.9 Å². The number of carbonyl (C=O) groups is 1. The number of amides is 1. The Morgan fingerprint density at radius 3 is 2.62 bits per heavy atom. The van der Waals surface area contributed by atoms with Crippen LogP contribution in [-0.2, 0) is 0 Å². The van der Waals surface area contributed by atoms with Crippen LogP contribution in [0.2, 0.25) is 0 Å². The lowest BCUT2D eigenvalue weighted by Crippen LogP contribution is -2.28. The summed E-state index contributed by atoms with van der Waals surface area (Å²) in [6.45, 7) is 0. The largest absolute Gasteiger partial charge is 0.493 e. The van der Waals surface area contributed by atoms with Crippen LogP contribution < -0.4 is 14.4 Å². The second-order valence-electron chi connectivity index (χ2n) is 6.88. The Labute approximate surface area is 167 Å². The van der Waals surface area contributed by atoms with Crippen molar-refractivity contribution in [3.05, 3.63) is 83.7 Å². The first-order valence-corrected chi connectivity index (χ1v) is 9.29. The molecule has 1 N–H and O–H groups in total. The predicted molar refractivity (Wildman–Crippen MR) is 111 cm³/mol. The van der Waals surface area contributed by atoms with Crippen molar-refractivity contribution in [3.8, 4) is 11.5 Å². The Balaban J connectivity index is 1.70. The number of nitrogens with one attached hydrogen (secondary N) is 1. The van der Waals surface area contributed by atoms with Crippen LogP contribution in [0.4, 0.5) is 5.69 Å². The van der Waals surface area contributed by atoms with E-state index in [0.29, 0.717) is 17.1 Å². The van der Waals surface area contributed by atoms with E-state index in [1.54, 1.807) is 20.5 Å². The van der Waals surface area contributed by atoms with Gasteiger partial charge in [-0.05, 0) is 47.5 Å². The molecule has 0 unspecified atom stereocenters. The van der Waals surface area contributed by atoms with Crippen molar-refractivity contribution in [1.82, 2.24) is 9.97 Å². The molecule has 4 aromatic rings. The van der Waals surface area contributed by atoms with E-state index in [2.05, 4.69) is 9.97 Å². The first-order valence-electron chi connectivity index (χ1n) is 9.29. The number of benzene rings is 3. The minimum absolute atomic E-state index is 0.0322. The molecule has 3 aromatic carbocycles. The first-order chi connectivity index (χ1) is 14.2. The summed E-state index contributed by atoms with van der Waals surface area (Å²) in [5.74, 6) is 1.25. The van der Waals surface area contributed by atoms with Crippen molar-refractivity contribution in [2.24, 2.45) is 0 Å². The van der Waals surface area contributed by atoms with Crippen LogP contribution in [0.5, 0.6) is 11.5 Å². The molecule has 6 heteroatoms. The molecule has 0 radical (unpaired) electrons. The highest BCUT2D eigenvalue weighted by Crippen LogP contribution is 2.43. The molecule has 6 nitrogen and oxygen atoms in total. The summed E-state index contributed by atoms with van der Waals surface area (Å²) in [7, 11) is 3.22. The number of aromatic amines is 1. The number of hydrogen-bond acceptors (Lipinski definition) is 4. The molecule has 5 rings (SSSR count). The van der Waals surface area contributed by atoms with Crippen molar-refractivity contribution >= 4 is 22.6 Å². The maximum atomic E-state index is 13.4. The average molecular weight is 385 g/mol. The Bertz CT molecular complexity index is 1230. The lowest BCUT2D eigenvalue weighted by molar-refractivity contribution is 0.0993. The van der Waals surface area contributed by atoms with Gasteiger partial charge < -0.3 is 14.5 Å². The first kappa shape index (κ1) is 17.3. The smallest absolute Gasteiger partial charge is 0.259 e. The molecule has 1 aliphatic rings. The maximum Gasteiger partial charge on any atom is 0.259 e. The predicted octanol–water partition coefficient (Wildman–Crippen LogP) is 4.33. The lowest BCUT2D eigenvalue weighted by Gasteiger charge is -2.26. The van der Waals surface area contributed by atoms with Crippen LogP contribution in [0.1, 0.15) is 27.5 Å². The fraction of sp³-hybridized carbons (Fsp3) is 0.130. The third kappa shape index (κ3) is 2.64. The molecule has 29 heavy (non-hydrogen) atoms. The van der Waals surface area contributed by atoms with Crippen molar-refractivity contribution in [2.75, 3.05) is 19.1 Å². The molecule has 1 aliphatic heterocycles. The van der Waals surface area contributed by atoms with Crippen LogP contribution in [-0.4, -0.2) is 30.1 Å². The third-order valence-corrected chi connectivity index (χ3v) is 5.37. The molecule has 1 aromatic heterocycles. The molecule has 0 fully saturated rings. The maximum absolute atomic E-state index is 13.4. The monoisotopic (exact) mass is 385 g/mol. The Morgan fingerprint density at radius 2 is 1.79 bits per heavy atom. The number of rotatable bonds is 4. The van der Waals surface area contributed by atoms with Gasteiger partial charge in [0.25, 0.3) is 5.91 Å². The number of ether oxygens (including phenoxy) is 2. The number of carbonyl (C=O) groups excluding carboxylic acids is 1. The Morgan fingerprint density at radius 1 is 0.966 bits per heavy atom. The topological polar surface area (TPSA) is 67.5 Å². The molecule has 0 aliphatic carbocycles. The second-order valence-corrected chi connectivity index (χ2v) is 6.88. The fourth-order valence-electron chi connectivity index (χ4n) is 4.00. The van der Waals surface area contributed by atoms with Gasteiger partial charge in [-0.15, -0.1) is 0 Å². The Kier molecular flexibility index (Phi) is 3.98. The zero-order valence-electron chi connectivity index (χ0n) is 16.0. The van der Waals surface area contributed by atoms with Gasteiger partial charge in [-0.3, -0.25) is 9.69 Å². The summed E-state index contributed by atoms with van der Waals surface area (Å²) in [5, 5.41) is 0. The van der Waals surface area contributed by atoms with Gasteiger partial charge in [-0.25, -0.2) is 4.98 Å². The third-order valence-electron chi connectivity index (χ3n) is 5.37. The van der Waals surface area contributed by atoms with Crippen LogP contribution in [0, 0.1) is 0 Å². The van der Waals surface area contributed by atoms with Crippen LogP contribution in [0.15, 0.2) is 67.0 Å². The number of imidazole rings is 1. The molecule has 144 valence electrons. The zero-order chi connectivity index (χ0) is 20.0. The molecule has 0 saturated heterocycles. The molecular weight excluding hydrogens is 366 g/mol. The van der Waals surface area contributed by atoms with E-state index < -0.39 is 0 Å². The van der Waals surface area contributed by atoms with Crippen molar-refractivity contribution < 1.29 is 14.3 Å². The van der Waals surface area contributed by atoms with E-state index in [1.165, 1.54) is 0 Å². The SMILES string of the molecule is COc1ccc([C@@H]2c3ccccc3C(=O)N2c2ccc3[nH]cnc3c2)cc1OC. The molecule has 2 heterocycles. The van der Waals surface area contributed by atoms with Gasteiger partial charge in [0.2, 0.25) is 0 Å². The highest BCUT2D eigenvalue weighted by molar-refractivity contribution is 6.12. The fourth-order valence-corrected chi connectivity index (χ4v) is 4.00. The highest BCUT2D eigenvalue weighted by atomic mass is 16.5. The number of fused-ring (bicyclic) bond motifs is 2. The average Bonchev–Trinajstić information content (AvgIpc) is 3.35. The van der Waals surface area contributed by atoms with E-state index >= 15 is 0 Å². The van der Waals surface area contributed by atoms with Crippen LogP contribution in [0.25, 0.3) is 11.0 Å². The summed E-state index contributed by atoms with van der Waals surface area (Å²) < 4.78 is 10.9. The summed E-state index contributed by atoms with van der Waals surface area (Å²) >= 11 is 0. The van der Waals surface area contributed by atoms with Crippen molar-refractivity contribution in [1.29, 1.82) is 0 Å². The van der Waals surface area contributed by atoms with Gasteiger partial charge in [-0.2, -0.15) is 0 Å². The minimum Gasteiger partial charge on any atom is -0.493 e. The van der Waals surface area contributed by atoms with Gasteiger partial charge in [0.1, 0.15) is 0 Å². The molecular formula is C23H19N3O3. The van der Waals surface area contributed by atoms with Crippen LogP contribution >= 0.6 is 0 Å². The lowest BCUT2D eigenvalue weighted by atomic mass is 9.97. The number of methoxy groups -OCH3 is 2. The Hall–Kier alpha value is -3.80. The van der Waals surface area contributed by atoms with Gasteiger partial charge >= 0.3 is 0 Å². The highest BCUT2D eigenvalue weighted by Gasteiger charge is 2.38.